The first-order chi connectivity index (χ1) is 14.6. The van der Waals surface area contributed by atoms with Crippen molar-refractivity contribution in [1.29, 1.82) is 0 Å². The Kier molecular flexibility index (Phi) is 4.84. The van der Waals surface area contributed by atoms with E-state index in [4.69, 9.17) is 0 Å². The first kappa shape index (κ1) is 19.0. The van der Waals surface area contributed by atoms with E-state index >= 15 is 0 Å². The van der Waals surface area contributed by atoms with Gasteiger partial charge in [0.1, 0.15) is 5.82 Å². The van der Waals surface area contributed by atoms with E-state index in [2.05, 4.69) is 15.1 Å². The maximum absolute atomic E-state index is 13.0. The van der Waals surface area contributed by atoms with Gasteiger partial charge >= 0.3 is 5.69 Å². The number of carbonyl (C=O) groups excluding carboxylic acids is 1. The molecule has 30 heavy (non-hydrogen) atoms. The maximum Gasteiger partial charge on any atom is 0.345 e. The van der Waals surface area contributed by atoms with Gasteiger partial charge in [0.05, 0.1) is 11.0 Å². The average molecular weight is 406 g/mol. The monoisotopic (exact) mass is 406 g/mol. The van der Waals surface area contributed by atoms with Crippen molar-refractivity contribution in [3.05, 3.63) is 52.5 Å². The predicted octanol–water partition coefficient (Wildman–Crippen LogP) is 2.66. The zero-order valence-corrected chi connectivity index (χ0v) is 17.2. The minimum absolute atomic E-state index is 0.00678. The topological polar surface area (TPSA) is 85.9 Å². The molecule has 0 N–H and O–H groups in total. The molecule has 0 radical (unpaired) electrons. The summed E-state index contributed by atoms with van der Waals surface area (Å²) < 4.78 is 3.42. The van der Waals surface area contributed by atoms with Crippen molar-refractivity contribution in [2.45, 2.75) is 50.5 Å². The van der Waals surface area contributed by atoms with Gasteiger partial charge in [0.2, 0.25) is 0 Å². The molecule has 1 saturated heterocycles. The van der Waals surface area contributed by atoms with Crippen LogP contribution < -0.4 is 5.69 Å². The number of nitrogens with zero attached hydrogens (tertiary/aromatic N) is 6. The molecule has 2 aromatic heterocycles. The molecule has 156 valence electrons. The zero-order chi connectivity index (χ0) is 20.7. The number of benzene rings is 1. The van der Waals surface area contributed by atoms with Crippen molar-refractivity contribution < 1.29 is 4.79 Å². The Morgan fingerprint density at radius 1 is 1.00 bits per heavy atom. The highest BCUT2D eigenvalue weighted by atomic mass is 16.2. The molecule has 1 aromatic carbocycles. The molecule has 1 amide bonds. The highest BCUT2D eigenvalue weighted by Gasteiger charge is 2.31. The molecule has 1 aliphatic heterocycles. The smallest absolute Gasteiger partial charge is 0.339 e. The second kappa shape index (κ2) is 7.66. The summed E-state index contributed by atoms with van der Waals surface area (Å²) in [5.41, 5.74) is 2.15. The number of hydrogen-bond donors (Lipinski definition) is 0. The van der Waals surface area contributed by atoms with Crippen LogP contribution in [0.15, 0.2) is 35.4 Å². The number of amides is 1. The molecule has 8 heteroatoms. The lowest BCUT2D eigenvalue weighted by atomic mass is 9.95. The van der Waals surface area contributed by atoms with Gasteiger partial charge in [-0.1, -0.05) is 12.8 Å². The van der Waals surface area contributed by atoms with E-state index in [0.717, 1.165) is 42.5 Å². The number of carbonyl (C=O) groups is 1. The lowest BCUT2D eigenvalue weighted by molar-refractivity contribution is 0.0710. The molecule has 0 bridgehead atoms. The largest absolute Gasteiger partial charge is 0.345 e. The van der Waals surface area contributed by atoms with Crippen molar-refractivity contribution in [1.82, 2.24) is 29.2 Å². The van der Waals surface area contributed by atoms with E-state index in [1.165, 1.54) is 17.5 Å². The van der Waals surface area contributed by atoms with E-state index < -0.39 is 0 Å². The fraction of sp³-hybridized carbons (Fsp3) is 0.500. The van der Waals surface area contributed by atoms with Crippen LogP contribution in [0.3, 0.4) is 0 Å². The third kappa shape index (κ3) is 3.30. The molecular formula is C22H26N6O2. The third-order valence-corrected chi connectivity index (χ3v) is 6.54. The van der Waals surface area contributed by atoms with E-state index in [1.54, 1.807) is 19.4 Å². The van der Waals surface area contributed by atoms with Gasteiger partial charge in [-0.3, -0.25) is 19.3 Å². The molecule has 0 atom stereocenters. The SMILES string of the molecule is Cn1nc(C2CCN(C(=O)c3ccc4nccnc4c3)CC2)n(C2CCCC2)c1=O. The lowest BCUT2D eigenvalue weighted by Gasteiger charge is -2.32. The van der Waals surface area contributed by atoms with Gasteiger partial charge in [-0.15, -0.1) is 0 Å². The van der Waals surface area contributed by atoms with Gasteiger partial charge in [-0.25, -0.2) is 9.48 Å². The van der Waals surface area contributed by atoms with Crippen molar-refractivity contribution in [3.8, 4) is 0 Å². The summed E-state index contributed by atoms with van der Waals surface area (Å²) in [6.45, 7) is 1.33. The van der Waals surface area contributed by atoms with E-state index in [-0.39, 0.29) is 23.6 Å². The van der Waals surface area contributed by atoms with Crippen LogP contribution in [-0.2, 0) is 7.05 Å². The molecule has 2 aliphatic rings. The summed E-state index contributed by atoms with van der Waals surface area (Å²) in [7, 11) is 1.73. The zero-order valence-electron chi connectivity index (χ0n) is 17.2. The Morgan fingerprint density at radius 2 is 1.70 bits per heavy atom. The molecular weight excluding hydrogens is 380 g/mol. The van der Waals surface area contributed by atoms with Gasteiger partial charge in [0.15, 0.2) is 0 Å². The van der Waals surface area contributed by atoms with Gasteiger partial charge < -0.3 is 4.90 Å². The first-order valence-corrected chi connectivity index (χ1v) is 10.8. The van der Waals surface area contributed by atoms with Crippen LogP contribution in [0.25, 0.3) is 11.0 Å². The molecule has 1 saturated carbocycles. The van der Waals surface area contributed by atoms with Crippen LogP contribution in [-0.4, -0.2) is 48.2 Å². The number of aryl methyl sites for hydroxylation is 1. The number of rotatable bonds is 3. The fourth-order valence-corrected chi connectivity index (χ4v) is 4.90. The molecule has 3 aromatic rings. The first-order valence-electron chi connectivity index (χ1n) is 10.8. The predicted molar refractivity (Wildman–Crippen MR) is 112 cm³/mol. The number of aromatic nitrogens is 5. The Balaban J connectivity index is 1.32. The Hall–Kier alpha value is -3.03. The molecule has 0 spiro atoms. The standard InChI is InChI=1S/C22H26N6O2/c1-26-22(30)28(17-4-2-3-5-17)20(25-26)15-8-12-27(13-9-15)21(29)16-6-7-18-19(14-16)24-11-10-23-18/h6-7,10-11,14-15,17H,2-5,8-9,12-13H2,1H3. The normalized spacial score (nSPS) is 18.4. The van der Waals surface area contributed by atoms with E-state index in [1.807, 2.05) is 27.7 Å². The second-order valence-corrected chi connectivity index (χ2v) is 8.40. The molecule has 2 fully saturated rings. The molecule has 1 aliphatic carbocycles. The van der Waals surface area contributed by atoms with Crippen molar-refractivity contribution >= 4 is 16.9 Å². The number of fused-ring (bicyclic) bond motifs is 1. The van der Waals surface area contributed by atoms with Gasteiger partial charge in [0, 0.05) is 50.1 Å². The summed E-state index contributed by atoms with van der Waals surface area (Å²) >= 11 is 0. The highest BCUT2D eigenvalue weighted by molar-refractivity contribution is 5.97. The average Bonchev–Trinajstić information content (AvgIpc) is 3.41. The Bertz CT molecular complexity index is 1140. The van der Waals surface area contributed by atoms with Crippen molar-refractivity contribution in [3.63, 3.8) is 0 Å². The van der Waals surface area contributed by atoms with Gasteiger partial charge in [-0.05, 0) is 43.9 Å². The van der Waals surface area contributed by atoms with Crippen LogP contribution >= 0.6 is 0 Å². The summed E-state index contributed by atoms with van der Waals surface area (Å²) in [5, 5.41) is 4.59. The number of hydrogen-bond acceptors (Lipinski definition) is 5. The highest BCUT2D eigenvalue weighted by Crippen LogP contribution is 2.33. The van der Waals surface area contributed by atoms with E-state index in [0.29, 0.717) is 18.7 Å². The fourth-order valence-electron chi connectivity index (χ4n) is 4.90. The quantitative estimate of drug-likeness (QED) is 0.667. The number of piperidine rings is 1. The van der Waals surface area contributed by atoms with Crippen LogP contribution in [0.2, 0.25) is 0 Å². The Labute approximate surface area is 174 Å². The van der Waals surface area contributed by atoms with E-state index in [9.17, 15) is 9.59 Å². The minimum atomic E-state index is -0.00678. The van der Waals surface area contributed by atoms with Crippen molar-refractivity contribution in [2.24, 2.45) is 7.05 Å². The molecule has 3 heterocycles. The molecule has 5 rings (SSSR count). The summed E-state index contributed by atoms with van der Waals surface area (Å²) in [6.07, 6.45) is 9.39. The van der Waals surface area contributed by atoms with Crippen LogP contribution in [0.1, 0.15) is 66.7 Å². The third-order valence-electron chi connectivity index (χ3n) is 6.54. The maximum atomic E-state index is 13.0. The minimum Gasteiger partial charge on any atom is -0.339 e. The molecule has 8 nitrogen and oxygen atoms in total. The van der Waals surface area contributed by atoms with Gasteiger partial charge in [0.25, 0.3) is 5.91 Å². The van der Waals surface area contributed by atoms with Crippen LogP contribution in [0.5, 0.6) is 0 Å². The lowest BCUT2D eigenvalue weighted by Crippen LogP contribution is -2.38. The summed E-state index contributed by atoms with van der Waals surface area (Å²) in [6, 6.07) is 5.76. The molecule has 0 unspecified atom stereocenters. The van der Waals surface area contributed by atoms with Gasteiger partial charge in [-0.2, -0.15) is 5.10 Å². The van der Waals surface area contributed by atoms with Crippen LogP contribution in [0, 0.1) is 0 Å². The summed E-state index contributed by atoms with van der Waals surface area (Å²) in [5.74, 6) is 1.14. The Morgan fingerprint density at radius 3 is 2.43 bits per heavy atom. The van der Waals surface area contributed by atoms with Crippen LogP contribution in [0.4, 0.5) is 0 Å². The summed E-state index contributed by atoms with van der Waals surface area (Å²) in [4.78, 5) is 36.2. The second-order valence-electron chi connectivity index (χ2n) is 8.40. The number of likely N-dealkylation sites (tertiary alicyclic amines) is 1. The van der Waals surface area contributed by atoms with Crippen molar-refractivity contribution in [2.75, 3.05) is 13.1 Å².